The second-order valence-corrected chi connectivity index (χ2v) is 10.1. The minimum absolute atomic E-state index is 0.265. The average molecular weight is 471 g/mol. The highest BCUT2D eigenvalue weighted by molar-refractivity contribution is 5.58. The molecule has 3 aromatic rings. The maximum atomic E-state index is 10.7. The van der Waals surface area contributed by atoms with Crippen molar-refractivity contribution in [2.24, 2.45) is 0 Å². The van der Waals surface area contributed by atoms with Crippen LogP contribution in [0.5, 0.6) is 0 Å². The highest BCUT2D eigenvalue weighted by Crippen LogP contribution is 2.34. The lowest BCUT2D eigenvalue weighted by Gasteiger charge is -2.40. The standard InChI is InChI=1S/C26H34N2O6/c1-14-6-11-19(33-14)17-9-7-16(8-10-17)12-18-15(2)24(26(3,4)5)27-28(18)25-23(32)22(31)21(30)20(13-29)34-25/h6-11,20-23,25,29-32H,12-13H2,1-5H3/t20-,21-,22+,23-,25-/m1/s1. The van der Waals surface area contributed by atoms with E-state index in [2.05, 4.69) is 20.8 Å². The molecule has 3 heterocycles. The smallest absolute Gasteiger partial charge is 0.179 e. The fourth-order valence-electron chi connectivity index (χ4n) is 4.54. The van der Waals surface area contributed by atoms with E-state index in [0.717, 1.165) is 39.6 Å². The van der Waals surface area contributed by atoms with Gasteiger partial charge in [0.05, 0.1) is 12.3 Å². The summed E-state index contributed by atoms with van der Waals surface area (Å²) in [7, 11) is 0. The molecule has 1 saturated heterocycles. The van der Waals surface area contributed by atoms with Crippen LogP contribution in [0.1, 0.15) is 55.3 Å². The van der Waals surface area contributed by atoms with Crippen molar-refractivity contribution in [2.75, 3.05) is 6.61 Å². The first-order valence-corrected chi connectivity index (χ1v) is 11.6. The monoisotopic (exact) mass is 470 g/mol. The Morgan fingerprint density at radius 3 is 2.18 bits per heavy atom. The molecule has 0 radical (unpaired) electrons. The van der Waals surface area contributed by atoms with E-state index in [1.54, 1.807) is 4.68 Å². The normalized spacial score (nSPS) is 25.6. The zero-order chi connectivity index (χ0) is 24.8. The number of aliphatic hydroxyl groups is 4. The van der Waals surface area contributed by atoms with Gasteiger partial charge in [-0.3, -0.25) is 0 Å². The largest absolute Gasteiger partial charge is 0.461 e. The molecule has 1 fully saturated rings. The number of hydrogen-bond acceptors (Lipinski definition) is 7. The van der Waals surface area contributed by atoms with Gasteiger partial charge in [-0.2, -0.15) is 5.10 Å². The number of nitrogens with zero attached hydrogens (tertiary/aromatic N) is 2. The molecule has 0 aliphatic carbocycles. The van der Waals surface area contributed by atoms with Crippen LogP contribution in [-0.4, -0.2) is 61.2 Å². The summed E-state index contributed by atoms with van der Waals surface area (Å²) in [5, 5.41) is 45.7. The van der Waals surface area contributed by atoms with Gasteiger partial charge >= 0.3 is 0 Å². The van der Waals surface area contributed by atoms with Crippen LogP contribution in [0.15, 0.2) is 40.8 Å². The molecule has 0 amide bonds. The molecular weight excluding hydrogens is 436 g/mol. The molecule has 8 heteroatoms. The Hall–Kier alpha value is -2.49. The van der Waals surface area contributed by atoms with Gasteiger partial charge in [0.15, 0.2) is 6.23 Å². The fraction of sp³-hybridized carbons (Fsp3) is 0.500. The van der Waals surface area contributed by atoms with E-state index in [1.165, 1.54) is 0 Å². The van der Waals surface area contributed by atoms with Crippen molar-refractivity contribution in [3.8, 4) is 11.3 Å². The third kappa shape index (κ3) is 4.56. The number of hydrogen-bond donors (Lipinski definition) is 4. The van der Waals surface area contributed by atoms with Crippen LogP contribution in [0, 0.1) is 13.8 Å². The number of ether oxygens (including phenoxy) is 1. The quantitative estimate of drug-likeness (QED) is 0.452. The molecule has 0 unspecified atom stereocenters. The van der Waals surface area contributed by atoms with Crippen LogP contribution in [0.3, 0.4) is 0 Å². The van der Waals surface area contributed by atoms with Crippen LogP contribution >= 0.6 is 0 Å². The topological polar surface area (TPSA) is 121 Å². The zero-order valence-corrected chi connectivity index (χ0v) is 20.3. The van der Waals surface area contributed by atoms with E-state index >= 15 is 0 Å². The second-order valence-electron chi connectivity index (χ2n) is 10.1. The Morgan fingerprint density at radius 2 is 1.62 bits per heavy atom. The second kappa shape index (κ2) is 9.28. The summed E-state index contributed by atoms with van der Waals surface area (Å²) in [6, 6.07) is 11.9. The lowest BCUT2D eigenvalue weighted by Crippen LogP contribution is -2.56. The predicted octanol–water partition coefficient (Wildman–Crippen LogP) is 2.62. The van der Waals surface area contributed by atoms with Gasteiger partial charge in [-0.25, -0.2) is 4.68 Å². The first-order valence-electron chi connectivity index (χ1n) is 11.6. The van der Waals surface area contributed by atoms with Crippen LogP contribution in [-0.2, 0) is 16.6 Å². The van der Waals surface area contributed by atoms with Crippen molar-refractivity contribution in [1.29, 1.82) is 0 Å². The third-order valence-electron chi connectivity index (χ3n) is 6.44. The summed E-state index contributed by atoms with van der Waals surface area (Å²) in [6.07, 6.45) is -5.84. The molecule has 0 spiro atoms. The highest BCUT2D eigenvalue weighted by Gasteiger charge is 2.45. The summed E-state index contributed by atoms with van der Waals surface area (Å²) < 4.78 is 13.1. The summed E-state index contributed by atoms with van der Waals surface area (Å²) in [5.41, 5.74) is 4.39. The van der Waals surface area contributed by atoms with Crippen LogP contribution in [0.25, 0.3) is 11.3 Å². The molecule has 1 aliphatic rings. The Morgan fingerprint density at radius 1 is 0.941 bits per heavy atom. The van der Waals surface area contributed by atoms with Crippen LogP contribution < -0.4 is 0 Å². The lowest BCUT2D eigenvalue weighted by molar-refractivity contribution is -0.254. The molecule has 0 bridgehead atoms. The van der Waals surface area contributed by atoms with Crippen molar-refractivity contribution >= 4 is 0 Å². The Labute approximate surface area is 199 Å². The molecule has 5 atom stereocenters. The molecule has 184 valence electrons. The predicted molar refractivity (Wildman–Crippen MR) is 126 cm³/mol. The van der Waals surface area contributed by atoms with Gasteiger partial charge in [-0.15, -0.1) is 0 Å². The van der Waals surface area contributed by atoms with E-state index in [1.807, 2.05) is 50.2 Å². The van der Waals surface area contributed by atoms with Gasteiger partial charge in [0.1, 0.15) is 35.9 Å². The maximum absolute atomic E-state index is 10.7. The molecular formula is C26H34N2O6. The molecule has 0 saturated carbocycles. The molecule has 8 nitrogen and oxygen atoms in total. The first kappa shape index (κ1) is 24.6. The summed E-state index contributed by atoms with van der Waals surface area (Å²) in [5.74, 6) is 1.66. The van der Waals surface area contributed by atoms with Crippen molar-refractivity contribution in [2.45, 2.75) is 77.1 Å². The van der Waals surface area contributed by atoms with Crippen molar-refractivity contribution in [1.82, 2.24) is 9.78 Å². The molecule has 1 aromatic carbocycles. The number of furan rings is 1. The molecule has 4 N–H and O–H groups in total. The fourth-order valence-corrected chi connectivity index (χ4v) is 4.54. The first-order chi connectivity index (χ1) is 16.0. The maximum Gasteiger partial charge on any atom is 0.179 e. The molecule has 2 aromatic heterocycles. The van der Waals surface area contributed by atoms with E-state index in [0.29, 0.717) is 6.42 Å². The van der Waals surface area contributed by atoms with Crippen molar-refractivity contribution in [3.05, 3.63) is 64.7 Å². The number of aliphatic hydroxyl groups excluding tert-OH is 4. The van der Waals surface area contributed by atoms with E-state index in [9.17, 15) is 20.4 Å². The zero-order valence-electron chi connectivity index (χ0n) is 20.3. The number of aryl methyl sites for hydroxylation is 1. The van der Waals surface area contributed by atoms with E-state index in [4.69, 9.17) is 14.3 Å². The van der Waals surface area contributed by atoms with Gasteiger partial charge in [0.2, 0.25) is 0 Å². The molecule has 4 rings (SSSR count). The van der Waals surface area contributed by atoms with Crippen LogP contribution in [0.4, 0.5) is 0 Å². The van der Waals surface area contributed by atoms with Gasteiger partial charge in [-0.05, 0) is 37.1 Å². The minimum Gasteiger partial charge on any atom is -0.461 e. The molecule has 34 heavy (non-hydrogen) atoms. The van der Waals surface area contributed by atoms with E-state index < -0.39 is 37.3 Å². The van der Waals surface area contributed by atoms with Gasteiger partial charge in [0.25, 0.3) is 0 Å². The Bertz CT molecular complexity index is 1130. The summed E-state index contributed by atoms with van der Waals surface area (Å²) >= 11 is 0. The Balaban J connectivity index is 1.71. The van der Waals surface area contributed by atoms with E-state index in [-0.39, 0.29) is 5.41 Å². The average Bonchev–Trinajstić information content (AvgIpc) is 3.36. The summed E-state index contributed by atoms with van der Waals surface area (Å²) in [6.45, 7) is 9.59. The molecule has 1 aliphatic heterocycles. The summed E-state index contributed by atoms with van der Waals surface area (Å²) in [4.78, 5) is 0. The van der Waals surface area contributed by atoms with Gasteiger partial charge in [-0.1, -0.05) is 45.0 Å². The lowest BCUT2D eigenvalue weighted by atomic mass is 9.88. The van der Waals surface area contributed by atoms with Crippen LogP contribution in [0.2, 0.25) is 0 Å². The van der Waals surface area contributed by atoms with Crippen molar-refractivity contribution < 1.29 is 29.6 Å². The minimum atomic E-state index is -1.47. The third-order valence-corrected chi connectivity index (χ3v) is 6.44. The highest BCUT2D eigenvalue weighted by atomic mass is 16.6. The SMILES string of the molecule is Cc1ccc(-c2ccc(Cc3c(C)c(C(C)(C)C)nn3[C@@H]3O[C@H](CO)[C@@H](O)[C@H](O)[C@H]3O)cc2)o1. The van der Waals surface area contributed by atoms with Gasteiger partial charge in [0, 0.05) is 23.1 Å². The number of aromatic nitrogens is 2. The number of rotatable bonds is 5. The van der Waals surface area contributed by atoms with Gasteiger partial charge < -0.3 is 29.6 Å². The van der Waals surface area contributed by atoms with Crippen molar-refractivity contribution in [3.63, 3.8) is 0 Å². The number of benzene rings is 1. The Kier molecular flexibility index (Phi) is 6.72.